The second kappa shape index (κ2) is 18.0. The van der Waals surface area contributed by atoms with Gasteiger partial charge in [0.1, 0.15) is 0 Å². The van der Waals surface area contributed by atoms with Crippen LogP contribution in [-0.4, -0.2) is 24.9 Å². The van der Waals surface area contributed by atoms with Gasteiger partial charge in [0.15, 0.2) is 93.1 Å². The third kappa shape index (κ3) is 7.41. The SMILES string of the molecule is Fc1c(F)c(F)c(-c2c3nc(c(-c4c(F)c(F)c(F)c(F)c4F)c4ccc([nH]4)c(-c4c(F)c(F)c(Sc5ccncc5)c(F)c4F)c4nc(c(-c5c(F)c(F)c(F)c(F)c5F)c5ccc2[nH]5)C=C4)C=C3)c(F)c1F. The molecule has 0 spiro atoms. The minimum absolute atomic E-state index is 0.000744. The van der Waals surface area contributed by atoms with E-state index in [0.29, 0.717) is 42.5 Å². The number of fused-ring (bicyclic) bond motifs is 8. The van der Waals surface area contributed by atoms with Crippen LogP contribution < -0.4 is 0 Å². The van der Waals surface area contributed by atoms with Crippen LogP contribution in [0.4, 0.5) is 83.4 Å². The first-order chi connectivity index (χ1) is 35.1. The zero-order valence-electron chi connectivity index (χ0n) is 35.4. The molecule has 374 valence electrons. The third-order valence-electron chi connectivity index (χ3n) is 11.5. The molecule has 4 aromatic heterocycles. The quantitative estimate of drug-likeness (QED) is 0.0989. The van der Waals surface area contributed by atoms with Gasteiger partial charge in [-0.05, 0) is 60.7 Å². The molecule has 6 heterocycles. The van der Waals surface area contributed by atoms with Crippen LogP contribution in [0.3, 0.4) is 0 Å². The van der Waals surface area contributed by atoms with Gasteiger partial charge in [0.25, 0.3) is 0 Å². The highest BCUT2D eigenvalue weighted by Gasteiger charge is 2.35. The maximum atomic E-state index is 16.7. The standard InChI is InChI=1S/C49H14F19N5S/c50-30-26(31(51)39(59)44(64)38(30)58)22-14-1-3-16(70-14)23(27-32(52)40(60)45(65)41(61)33(27)53)18-5-7-20(72-18)25(29-36(56)47(67)49(48(68)37(29)57)74-13-9-11-69-12-10-13)21-8-6-19(73-21)24(17-4-2-15(22)71-17)28-34(54)42(62)46(66)43(63)35(28)55/h1-12,70,73H. The summed E-state index contributed by atoms with van der Waals surface area (Å²) in [6, 6.07) is 5.16. The molecule has 25 heteroatoms. The van der Waals surface area contributed by atoms with Gasteiger partial charge in [0.05, 0.1) is 49.9 Å². The zero-order valence-corrected chi connectivity index (χ0v) is 36.2. The van der Waals surface area contributed by atoms with Gasteiger partial charge in [-0.25, -0.2) is 93.4 Å². The smallest absolute Gasteiger partial charge is 0.200 e. The first-order valence-electron chi connectivity index (χ1n) is 20.3. The molecule has 2 N–H and O–H groups in total. The number of benzene rings is 4. The number of H-pyrrole nitrogens is 2. The Hall–Kier alpha value is -8.35. The van der Waals surface area contributed by atoms with Crippen molar-refractivity contribution >= 4 is 58.1 Å². The molecule has 2 aliphatic rings. The van der Waals surface area contributed by atoms with E-state index in [-0.39, 0.29) is 16.7 Å². The fourth-order valence-corrected chi connectivity index (χ4v) is 9.03. The fraction of sp³-hybridized carbons (Fsp3) is 0. The molecule has 0 saturated heterocycles. The van der Waals surface area contributed by atoms with Crippen molar-refractivity contribution in [1.29, 1.82) is 0 Å². The Balaban J connectivity index is 1.45. The van der Waals surface area contributed by atoms with Gasteiger partial charge >= 0.3 is 0 Å². The molecule has 4 aromatic carbocycles. The molecule has 0 aliphatic carbocycles. The van der Waals surface area contributed by atoms with Crippen LogP contribution in [-0.2, 0) is 0 Å². The summed E-state index contributed by atoms with van der Waals surface area (Å²) in [5, 5.41) is 0. The molecule has 0 unspecified atom stereocenters. The van der Waals surface area contributed by atoms with Crippen molar-refractivity contribution in [1.82, 2.24) is 24.9 Å². The summed E-state index contributed by atoms with van der Waals surface area (Å²) in [5.41, 5.74) is -19.5. The lowest BCUT2D eigenvalue weighted by atomic mass is 10.0. The summed E-state index contributed by atoms with van der Waals surface area (Å²) < 4.78 is 295. The highest BCUT2D eigenvalue weighted by atomic mass is 32.2. The Labute approximate surface area is 402 Å². The van der Waals surface area contributed by atoms with Gasteiger partial charge in [-0.2, -0.15) is 0 Å². The molecule has 0 atom stereocenters. The highest BCUT2D eigenvalue weighted by Crippen LogP contribution is 2.46. The Morgan fingerprint density at radius 1 is 0.270 bits per heavy atom. The number of pyridine rings is 1. The van der Waals surface area contributed by atoms with Crippen molar-refractivity contribution in [2.45, 2.75) is 9.79 Å². The highest BCUT2D eigenvalue weighted by molar-refractivity contribution is 7.99. The number of nitrogens with zero attached hydrogens (tertiary/aromatic N) is 3. The summed E-state index contributed by atoms with van der Waals surface area (Å²) in [7, 11) is 0. The van der Waals surface area contributed by atoms with Gasteiger partial charge in [-0.3, -0.25) is 4.98 Å². The van der Waals surface area contributed by atoms with E-state index in [4.69, 9.17) is 0 Å². The lowest BCUT2D eigenvalue weighted by Gasteiger charge is -2.13. The summed E-state index contributed by atoms with van der Waals surface area (Å²) in [6.07, 6.45) is 4.97. The van der Waals surface area contributed by atoms with E-state index in [2.05, 4.69) is 24.9 Å². The maximum absolute atomic E-state index is 16.7. The van der Waals surface area contributed by atoms with Crippen LogP contribution in [0.1, 0.15) is 22.8 Å². The van der Waals surface area contributed by atoms with E-state index >= 15 is 70.2 Å². The van der Waals surface area contributed by atoms with Crippen LogP contribution >= 0.6 is 11.8 Å². The van der Waals surface area contributed by atoms with Crippen LogP contribution in [0.2, 0.25) is 0 Å². The number of aromatic amines is 2. The Bertz CT molecular complexity index is 3870. The van der Waals surface area contributed by atoms with Crippen LogP contribution in [0.25, 0.3) is 90.9 Å². The molecule has 8 aromatic rings. The molecule has 5 nitrogen and oxygen atoms in total. The zero-order chi connectivity index (χ0) is 53.1. The molecule has 8 bridgehead atoms. The maximum Gasteiger partial charge on any atom is 0.200 e. The lowest BCUT2D eigenvalue weighted by molar-refractivity contribution is 0.381. The minimum Gasteiger partial charge on any atom is -0.354 e. The number of aromatic nitrogens is 5. The first kappa shape index (κ1) is 49.2. The molecular formula is C49H14F19N5S. The van der Waals surface area contributed by atoms with E-state index in [0.717, 1.165) is 18.5 Å². The van der Waals surface area contributed by atoms with Gasteiger partial charge < -0.3 is 9.97 Å². The first-order valence-corrected chi connectivity index (χ1v) is 21.1. The van der Waals surface area contributed by atoms with Gasteiger partial charge in [-0.1, -0.05) is 11.8 Å². The second-order valence-corrected chi connectivity index (χ2v) is 16.7. The Morgan fingerprint density at radius 3 is 0.757 bits per heavy atom. The Kier molecular flexibility index (Phi) is 12.0. The van der Waals surface area contributed by atoms with E-state index < -0.39 is 205 Å². The van der Waals surface area contributed by atoms with E-state index in [1.165, 1.54) is 12.1 Å². The summed E-state index contributed by atoms with van der Waals surface area (Å²) in [4.78, 5) is 15.2. The molecule has 0 saturated carbocycles. The largest absolute Gasteiger partial charge is 0.354 e. The van der Waals surface area contributed by atoms with Gasteiger partial charge in [-0.15, -0.1) is 0 Å². The van der Waals surface area contributed by atoms with Gasteiger partial charge in [0, 0.05) is 61.6 Å². The van der Waals surface area contributed by atoms with Crippen LogP contribution in [0.5, 0.6) is 0 Å². The molecule has 74 heavy (non-hydrogen) atoms. The molecule has 0 amide bonds. The summed E-state index contributed by atoms with van der Waals surface area (Å²) in [5.74, 6) is -47.7. The van der Waals surface area contributed by atoms with Crippen molar-refractivity contribution in [3.63, 3.8) is 0 Å². The van der Waals surface area contributed by atoms with E-state index in [9.17, 15) is 13.2 Å². The molecule has 2 aliphatic heterocycles. The van der Waals surface area contributed by atoms with Gasteiger partial charge in [0.2, 0.25) is 17.5 Å². The number of rotatable bonds is 6. The summed E-state index contributed by atoms with van der Waals surface area (Å²) >= 11 is 0.174. The molecular weight excluding hydrogens is 1050 g/mol. The number of halogens is 19. The third-order valence-corrected chi connectivity index (χ3v) is 12.5. The average Bonchev–Trinajstić information content (AvgIpc) is 4.26. The number of hydrogen-bond acceptors (Lipinski definition) is 4. The number of nitrogens with one attached hydrogen (secondary N) is 2. The van der Waals surface area contributed by atoms with Crippen molar-refractivity contribution in [2.75, 3.05) is 0 Å². The fourth-order valence-electron chi connectivity index (χ4n) is 8.18. The average molecular weight is 1070 g/mol. The van der Waals surface area contributed by atoms with Crippen molar-refractivity contribution in [2.24, 2.45) is 0 Å². The topological polar surface area (TPSA) is 70.2 Å². The summed E-state index contributed by atoms with van der Waals surface area (Å²) in [6.45, 7) is 0. The Morgan fingerprint density at radius 2 is 0.500 bits per heavy atom. The van der Waals surface area contributed by atoms with Crippen molar-refractivity contribution in [3.8, 4) is 44.5 Å². The lowest BCUT2D eigenvalue weighted by Crippen LogP contribution is -2.06. The number of hydrogen-bond donors (Lipinski definition) is 2. The van der Waals surface area contributed by atoms with Crippen LogP contribution in [0, 0.1) is 111 Å². The van der Waals surface area contributed by atoms with Crippen molar-refractivity contribution in [3.05, 3.63) is 182 Å². The predicted octanol–water partition coefficient (Wildman–Crippen LogP) is 15.5. The minimum atomic E-state index is -2.70. The second-order valence-electron chi connectivity index (χ2n) is 15.6. The molecule has 0 fully saturated rings. The van der Waals surface area contributed by atoms with Crippen molar-refractivity contribution < 1.29 is 83.4 Å². The van der Waals surface area contributed by atoms with Crippen LogP contribution in [0.15, 0.2) is 58.6 Å². The predicted molar refractivity (Wildman–Crippen MR) is 228 cm³/mol. The van der Waals surface area contributed by atoms with E-state index in [1.807, 2.05) is 0 Å². The van der Waals surface area contributed by atoms with E-state index in [1.54, 1.807) is 0 Å². The monoisotopic (exact) mass is 1070 g/mol. The molecule has 0 radical (unpaired) electrons. The normalized spacial score (nSPS) is 12.2. The molecule has 10 rings (SSSR count).